The second-order valence-electron chi connectivity index (χ2n) is 2.97. The highest BCUT2D eigenvalue weighted by molar-refractivity contribution is 7.20. The maximum absolute atomic E-state index is 11.9. The van der Waals surface area contributed by atoms with Crippen molar-refractivity contribution in [3.05, 3.63) is 38.3 Å². The van der Waals surface area contributed by atoms with Crippen LogP contribution in [-0.2, 0) is 7.05 Å². The van der Waals surface area contributed by atoms with Crippen LogP contribution in [0.15, 0.2) is 18.5 Å². The molecule has 0 spiro atoms. The first kappa shape index (κ1) is 10.7. The van der Waals surface area contributed by atoms with Gasteiger partial charge in [0.25, 0.3) is 0 Å². The summed E-state index contributed by atoms with van der Waals surface area (Å²) in [6.45, 7) is 0. The summed E-state index contributed by atoms with van der Waals surface area (Å²) in [5.41, 5.74) is 0.938. The summed E-state index contributed by atoms with van der Waals surface area (Å²) in [5.74, 6) is -0.156. The summed E-state index contributed by atoms with van der Waals surface area (Å²) in [5, 5.41) is 3.92. The average Bonchev–Trinajstić information content (AvgIpc) is 2.71. The number of aromatic nitrogens is 2. The number of thiophene rings is 1. The summed E-state index contributed by atoms with van der Waals surface area (Å²) in [4.78, 5) is 11.9. The van der Waals surface area contributed by atoms with E-state index in [1.807, 2.05) is 0 Å². The van der Waals surface area contributed by atoms with E-state index in [0.29, 0.717) is 19.8 Å². The van der Waals surface area contributed by atoms with Gasteiger partial charge in [-0.1, -0.05) is 23.2 Å². The highest BCUT2D eigenvalue weighted by atomic mass is 35.5. The number of rotatable bonds is 2. The van der Waals surface area contributed by atoms with E-state index >= 15 is 0 Å². The highest BCUT2D eigenvalue weighted by Crippen LogP contribution is 2.32. The molecule has 0 saturated carbocycles. The van der Waals surface area contributed by atoms with Gasteiger partial charge in [0.15, 0.2) is 5.78 Å². The van der Waals surface area contributed by atoms with E-state index in [4.69, 9.17) is 23.2 Å². The monoisotopic (exact) mass is 260 g/mol. The Labute approximate surface area is 100 Å². The Hall–Kier alpha value is -0.840. The molecule has 15 heavy (non-hydrogen) atoms. The third-order valence-electron chi connectivity index (χ3n) is 1.87. The van der Waals surface area contributed by atoms with E-state index in [2.05, 4.69) is 5.10 Å². The van der Waals surface area contributed by atoms with Gasteiger partial charge >= 0.3 is 0 Å². The molecule has 0 amide bonds. The number of hydrogen-bond donors (Lipinski definition) is 0. The van der Waals surface area contributed by atoms with Gasteiger partial charge in [-0.05, 0) is 6.07 Å². The van der Waals surface area contributed by atoms with Crippen molar-refractivity contribution in [2.75, 3.05) is 0 Å². The molecular weight excluding hydrogens is 255 g/mol. The molecule has 2 aromatic rings. The van der Waals surface area contributed by atoms with Crippen LogP contribution in [0, 0.1) is 0 Å². The number of aryl methyl sites for hydroxylation is 1. The average molecular weight is 261 g/mol. The first-order valence-electron chi connectivity index (χ1n) is 4.06. The number of halogens is 2. The number of carbonyl (C=O) groups excluding carboxylic acids is 1. The summed E-state index contributed by atoms with van der Waals surface area (Å²) < 4.78 is 2.48. The molecular formula is C9H6Cl2N2OS. The molecule has 0 atom stereocenters. The minimum absolute atomic E-state index is 0.156. The quantitative estimate of drug-likeness (QED) is 0.779. The third kappa shape index (κ3) is 2.07. The largest absolute Gasteiger partial charge is 0.288 e. The summed E-state index contributed by atoms with van der Waals surface area (Å²) in [7, 11) is 1.75. The van der Waals surface area contributed by atoms with Crippen LogP contribution in [0.2, 0.25) is 8.67 Å². The maximum Gasteiger partial charge on any atom is 0.198 e. The summed E-state index contributed by atoms with van der Waals surface area (Å²) in [6, 6.07) is 1.57. The number of carbonyl (C=O) groups is 1. The van der Waals surface area contributed by atoms with Gasteiger partial charge in [0.05, 0.1) is 21.7 Å². The zero-order chi connectivity index (χ0) is 11.0. The molecule has 0 aliphatic rings. The van der Waals surface area contributed by atoms with Crippen LogP contribution < -0.4 is 0 Å². The molecule has 0 N–H and O–H groups in total. The van der Waals surface area contributed by atoms with Crippen molar-refractivity contribution in [3.8, 4) is 0 Å². The zero-order valence-corrected chi connectivity index (χ0v) is 10.0. The standard InChI is InChI=1S/C9H6Cl2N2OS/c1-13-4-5(3-12-13)8(14)6-2-7(10)15-9(6)11/h2-4H,1H3. The highest BCUT2D eigenvalue weighted by Gasteiger charge is 2.17. The van der Waals surface area contributed by atoms with Gasteiger partial charge < -0.3 is 0 Å². The van der Waals surface area contributed by atoms with E-state index in [1.165, 1.54) is 17.5 Å². The predicted molar refractivity (Wildman–Crippen MR) is 61.0 cm³/mol. The van der Waals surface area contributed by atoms with E-state index in [-0.39, 0.29) is 5.78 Å². The number of nitrogens with zero attached hydrogens (tertiary/aromatic N) is 2. The lowest BCUT2D eigenvalue weighted by Gasteiger charge is -1.93. The molecule has 0 aliphatic carbocycles. The van der Waals surface area contributed by atoms with Crippen molar-refractivity contribution < 1.29 is 4.79 Å². The molecule has 0 aromatic carbocycles. The smallest absolute Gasteiger partial charge is 0.198 e. The van der Waals surface area contributed by atoms with Crippen LogP contribution in [0.5, 0.6) is 0 Å². The van der Waals surface area contributed by atoms with Crippen LogP contribution in [0.3, 0.4) is 0 Å². The fraction of sp³-hybridized carbons (Fsp3) is 0.111. The first-order chi connectivity index (χ1) is 7.08. The fourth-order valence-electron chi connectivity index (χ4n) is 1.19. The van der Waals surface area contributed by atoms with Crippen molar-refractivity contribution in [1.82, 2.24) is 9.78 Å². The normalized spacial score (nSPS) is 10.6. The Morgan fingerprint density at radius 1 is 1.53 bits per heavy atom. The Kier molecular flexibility index (Phi) is 2.82. The molecule has 0 bridgehead atoms. The lowest BCUT2D eigenvalue weighted by molar-refractivity contribution is 0.103. The van der Waals surface area contributed by atoms with Crippen LogP contribution in [-0.4, -0.2) is 15.6 Å². The first-order valence-corrected chi connectivity index (χ1v) is 5.63. The molecule has 0 fully saturated rings. The zero-order valence-electron chi connectivity index (χ0n) is 7.70. The molecule has 0 radical (unpaired) electrons. The van der Waals surface area contributed by atoms with Gasteiger partial charge in [-0.2, -0.15) is 5.10 Å². The molecule has 3 nitrogen and oxygen atoms in total. The Morgan fingerprint density at radius 3 is 2.73 bits per heavy atom. The minimum atomic E-state index is -0.156. The molecule has 0 aliphatic heterocycles. The van der Waals surface area contributed by atoms with Gasteiger partial charge in [-0.15, -0.1) is 11.3 Å². The van der Waals surface area contributed by atoms with Crippen molar-refractivity contribution in [3.63, 3.8) is 0 Å². The van der Waals surface area contributed by atoms with E-state index in [0.717, 1.165) is 0 Å². The lowest BCUT2D eigenvalue weighted by atomic mass is 10.1. The van der Waals surface area contributed by atoms with E-state index < -0.39 is 0 Å². The van der Waals surface area contributed by atoms with Crippen molar-refractivity contribution >= 4 is 40.3 Å². The summed E-state index contributed by atoms with van der Waals surface area (Å²) in [6.07, 6.45) is 3.15. The van der Waals surface area contributed by atoms with Crippen LogP contribution in [0.4, 0.5) is 0 Å². The van der Waals surface area contributed by atoms with Gasteiger partial charge in [-0.25, -0.2) is 0 Å². The molecule has 6 heteroatoms. The van der Waals surface area contributed by atoms with E-state index in [9.17, 15) is 4.79 Å². The second kappa shape index (κ2) is 3.96. The van der Waals surface area contributed by atoms with Gasteiger partial charge in [0.1, 0.15) is 4.34 Å². The molecule has 2 rings (SSSR count). The van der Waals surface area contributed by atoms with Crippen LogP contribution >= 0.6 is 34.5 Å². The topological polar surface area (TPSA) is 34.9 Å². The predicted octanol–water partition coefficient (Wildman–Crippen LogP) is 3.02. The number of ketones is 1. The molecule has 2 aromatic heterocycles. The second-order valence-corrected chi connectivity index (χ2v) is 5.26. The van der Waals surface area contributed by atoms with Crippen LogP contribution in [0.1, 0.15) is 15.9 Å². The van der Waals surface area contributed by atoms with Crippen molar-refractivity contribution in [1.29, 1.82) is 0 Å². The van der Waals surface area contributed by atoms with E-state index in [1.54, 1.807) is 24.0 Å². The third-order valence-corrected chi connectivity index (χ3v) is 3.36. The Balaban J connectivity index is 2.40. The van der Waals surface area contributed by atoms with Gasteiger partial charge in [-0.3, -0.25) is 9.48 Å². The lowest BCUT2D eigenvalue weighted by Crippen LogP contribution is -1.98. The van der Waals surface area contributed by atoms with Gasteiger partial charge in [0, 0.05) is 13.2 Å². The SMILES string of the molecule is Cn1cc(C(=O)c2cc(Cl)sc2Cl)cn1. The Bertz CT molecular complexity index is 518. The minimum Gasteiger partial charge on any atom is -0.288 e. The molecule has 78 valence electrons. The fourth-order valence-corrected chi connectivity index (χ4v) is 2.65. The van der Waals surface area contributed by atoms with Crippen LogP contribution in [0.25, 0.3) is 0 Å². The molecule has 0 saturated heterocycles. The summed E-state index contributed by atoms with van der Waals surface area (Å²) >= 11 is 12.8. The van der Waals surface area contributed by atoms with Gasteiger partial charge in [0.2, 0.25) is 0 Å². The Morgan fingerprint density at radius 2 is 2.27 bits per heavy atom. The number of hydrogen-bond acceptors (Lipinski definition) is 3. The molecule has 0 unspecified atom stereocenters. The molecule has 2 heterocycles. The van der Waals surface area contributed by atoms with Crippen molar-refractivity contribution in [2.24, 2.45) is 7.05 Å². The maximum atomic E-state index is 11.9. The van der Waals surface area contributed by atoms with Crippen molar-refractivity contribution in [2.45, 2.75) is 0 Å².